The second kappa shape index (κ2) is 5.93. The van der Waals surface area contributed by atoms with Crippen LogP contribution in [0, 0.1) is 6.92 Å². The molecule has 1 aliphatic heterocycles. The fraction of sp³-hybridized carbons (Fsp3) is 0.571. The minimum absolute atomic E-state index is 0.0597. The molecule has 0 bridgehead atoms. The molecule has 7 heteroatoms. The zero-order valence-electron chi connectivity index (χ0n) is 12.2. The van der Waals surface area contributed by atoms with Crippen molar-refractivity contribution in [1.82, 2.24) is 20.0 Å². The van der Waals surface area contributed by atoms with Crippen molar-refractivity contribution in [2.24, 2.45) is 0 Å². The number of rotatable bonds is 3. The van der Waals surface area contributed by atoms with Crippen LogP contribution in [0.2, 0.25) is 0 Å². The van der Waals surface area contributed by atoms with Gasteiger partial charge in [-0.05, 0) is 19.8 Å². The number of carbonyl (C=O) groups is 1. The van der Waals surface area contributed by atoms with Crippen molar-refractivity contribution in [2.45, 2.75) is 39.0 Å². The minimum Gasteiger partial charge on any atom is -0.339 e. The van der Waals surface area contributed by atoms with Crippen molar-refractivity contribution < 1.29 is 9.32 Å². The molecule has 112 valence electrons. The van der Waals surface area contributed by atoms with Crippen LogP contribution in [0.25, 0.3) is 0 Å². The van der Waals surface area contributed by atoms with Gasteiger partial charge in [0.1, 0.15) is 4.88 Å². The first-order valence-electron chi connectivity index (χ1n) is 7.21. The maximum absolute atomic E-state index is 12.5. The predicted octanol–water partition coefficient (Wildman–Crippen LogP) is 2.42. The Morgan fingerprint density at radius 1 is 1.57 bits per heavy atom. The number of thiazole rings is 1. The third-order valence-corrected chi connectivity index (χ3v) is 4.59. The highest BCUT2D eigenvalue weighted by Crippen LogP contribution is 2.26. The van der Waals surface area contributed by atoms with Crippen LogP contribution in [0.3, 0.4) is 0 Å². The number of aryl methyl sites for hydroxylation is 2. The molecule has 0 unspecified atom stereocenters. The second-order valence-corrected chi connectivity index (χ2v) is 6.47. The van der Waals surface area contributed by atoms with Crippen LogP contribution >= 0.6 is 11.3 Å². The highest BCUT2D eigenvalue weighted by molar-refractivity contribution is 7.13. The van der Waals surface area contributed by atoms with Gasteiger partial charge in [-0.25, -0.2) is 4.98 Å². The Kier molecular flexibility index (Phi) is 4.01. The van der Waals surface area contributed by atoms with Crippen molar-refractivity contribution in [1.29, 1.82) is 0 Å². The summed E-state index contributed by atoms with van der Waals surface area (Å²) in [7, 11) is 0. The molecule has 6 nitrogen and oxygen atoms in total. The number of amides is 1. The molecular formula is C14H18N4O2S. The number of aromatic nitrogens is 3. The van der Waals surface area contributed by atoms with E-state index in [4.69, 9.17) is 4.52 Å². The Bertz CT molecular complexity index is 636. The molecule has 1 saturated heterocycles. The van der Waals surface area contributed by atoms with Gasteiger partial charge in [-0.2, -0.15) is 4.98 Å². The van der Waals surface area contributed by atoms with E-state index >= 15 is 0 Å². The lowest BCUT2D eigenvalue weighted by Gasteiger charge is -2.30. The average molecular weight is 306 g/mol. The van der Waals surface area contributed by atoms with Crippen LogP contribution in [0.4, 0.5) is 0 Å². The molecule has 0 aliphatic carbocycles. The SMILES string of the molecule is CCc1nc([C@H]2CCCN(C(=O)c3cnc(C)s3)C2)no1. The van der Waals surface area contributed by atoms with Crippen LogP contribution in [0.15, 0.2) is 10.7 Å². The quantitative estimate of drug-likeness (QED) is 0.870. The first-order chi connectivity index (χ1) is 10.2. The normalized spacial score (nSPS) is 19.0. The Labute approximate surface area is 127 Å². The van der Waals surface area contributed by atoms with Crippen molar-refractivity contribution >= 4 is 17.2 Å². The van der Waals surface area contributed by atoms with E-state index in [1.54, 1.807) is 6.20 Å². The predicted molar refractivity (Wildman–Crippen MR) is 78.4 cm³/mol. The summed E-state index contributed by atoms with van der Waals surface area (Å²) < 4.78 is 5.18. The Morgan fingerprint density at radius 2 is 2.43 bits per heavy atom. The van der Waals surface area contributed by atoms with E-state index in [9.17, 15) is 4.79 Å². The summed E-state index contributed by atoms with van der Waals surface area (Å²) in [6.07, 6.45) is 4.36. The van der Waals surface area contributed by atoms with E-state index in [2.05, 4.69) is 15.1 Å². The lowest BCUT2D eigenvalue weighted by atomic mass is 9.97. The Morgan fingerprint density at radius 3 is 3.10 bits per heavy atom. The van der Waals surface area contributed by atoms with E-state index in [1.807, 2.05) is 18.7 Å². The number of nitrogens with zero attached hydrogens (tertiary/aromatic N) is 4. The van der Waals surface area contributed by atoms with Gasteiger partial charge in [0.15, 0.2) is 5.82 Å². The van der Waals surface area contributed by atoms with Crippen molar-refractivity contribution in [3.05, 3.63) is 27.8 Å². The number of piperidine rings is 1. The molecule has 3 rings (SSSR count). The van der Waals surface area contributed by atoms with E-state index in [0.717, 1.165) is 36.6 Å². The summed E-state index contributed by atoms with van der Waals surface area (Å²) in [5.41, 5.74) is 0. The lowest BCUT2D eigenvalue weighted by Crippen LogP contribution is -2.39. The van der Waals surface area contributed by atoms with Crippen molar-refractivity contribution in [2.75, 3.05) is 13.1 Å². The molecule has 0 radical (unpaired) electrons. The first kappa shape index (κ1) is 14.2. The number of likely N-dealkylation sites (tertiary alicyclic amines) is 1. The molecule has 0 N–H and O–H groups in total. The van der Waals surface area contributed by atoms with Crippen LogP contribution < -0.4 is 0 Å². The lowest BCUT2D eigenvalue weighted by molar-refractivity contribution is 0.0708. The molecule has 1 fully saturated rings. The number of hydrogen-bond acceptors (Lipinski definition) is 6. The standard InChI is InChI=1S/C14H18N4O2S/c1-3-12-16-13(17-20-12)10-5-4-6-18(8-10)14(19)11-7-15-9(2)21-11/h7,10H,3-6,8H2,1-2H3/t10-/m0/s1. The first-order valence-corrected chi connectivity index (χ1v) is 8.03. The summed E-state index contributed by atoms with van der Waals surface area (Å²) in [4.78, 5) is 23.6. The molecule has 1 atom stereocenters. The summed E-state index contributed by atoms with van der Waals surface area (Å²) in [5, 5.41) is 4.96. The minimum atomic E-state index is 0.0597. The van der Waals surface area contributed by atoms with Gasteiger partial charge in [-0.3, -0.25) is 4.79 Å². The van der Waals surface area contributed by atoms with Gasteiger partial charge in [-0.15, -0.1) is 11.3 Å². The monoisotopic (exact) mass is 306 g/mol. The molecule has 0 aromatic carbocycles. The molecule has 3 heterocycles. The van der Waals surface area contributed by atoms with Crippen molar-refractivity contribution in [3.63, 3.8) is 0 Å². The van der Waals surface area contributed by atoms with Crippen LogP contribution in [0.5, 0.6) is 0 Å². The topological polar surface area (TPSA) is 72.1 Å². The smallest absolute Gasteiger partial charge is 0.265 e. The van der Waals surface area contributed by atoms with Gasteiger partial charge in [0.25, 0.3) is 5.91 Å². The zero-order chi connectivity index (χ0) is 14.8. The fourth-order valence-corrected chi connectivity index (χ4v) is 3.31. The molecule has 21 heavy (non-hydrogen) atoms. The third kappa shape index (κ3) is 2.97. The summed E-state index contributed by atoms with van der Waals surface area (Å²) in [5.74, 6) is 1.61. The molecule has 2 aromatic rings. The van der Waals surface area contributed by atoms with Gasteiger partial charge in [0.2, 0.25) is 5.89 Å². The Hall–Kier alpha value is -1.76. The van der Waals surface area contributed by atoms with Crippen LogP contribution in [-0.4, -0.2) is 39.0 Å². The maximum Gasteiger partial charge on any atom is 0.265 e. The zero-order valence-corrected chi connectivity index (χ0v) is 13.0. The summed E-state index contributed by atoms with van der Waals surface area (Å²) >= 11 is 1.44. The second-order valence-electron chi connectivity index (χ2n) is 5.23. The summed E-state index contributed by atoms with van der Waals surface area (Å²) in [6.45, 7) is 5.33. The highest BCUT2D eigenvalue weighted by atomic mass is 32.1. The maximum atomic E-state index is 12.5. The molecule has 1 aliphatic rings. The van der Waals surface area contributed by atoms with Gasteiger partial charge in [-0.1, -0.05) is 12.1 Å². The van der Waals surface area contributed by atoms with Crippen LogP contribution in [-0.2, 0) is 6.42 Å². The highest BCUT2D eigenvalue weighted by Gasteiger charge is 2.29. The summed E-state index contributed by atoms with van der Waals surface area (Å²) in [6, 6.07) is 0. The molecule has 0 spiro atoms. The van der Waals surface area contributed by atoms with Gasteiger partial charge < -0.3 is 9.42 Å². The molecule has 2 aromatic heterocycles. The fourth-order valence-electron chi connectivity index (χ4n) is 2.57. The Balaban J connectivity index is 1.72. The van der Waals surface area contributed by atoms with Gasteiger partial charge in [0.05, 0.1) is 11.2 Å². The molecular weight excluding hydrogens is 288 g/mol. The van der Waals surface area contributed by atoms with Crippen LogP contribution in [0.1, 0.15) is 52.1 Å². The third-order valence-electron chi connectivity index (χ3n) is 3.69. The molecule has 0 saturated carbocycles. The van der Waals surface area contributed by atoms with Crippen molar-refractivity contribution in [3.8, 4) is 0 Å². The van der Waals surface area contributed by atoms with E-state index in [0.29, 0.717) is 17.3 Å². The number of hydrogen-bond donors (Lipinski definition) is 0. The van der Waals surface area contributed by atoms with E-state index < -0.39 is 0 Å². The van der Waals surface area contributed by atoms with Gasteiger partial charge in [0, 0.05) is 25.4 Å². The number of carbonyl (C=O) groups excluding carboxylic acids is 1. The van der Waals surface area contributed by atoms with E-state index in [-0.39, 0.29) is 11.8 Å². The molecule has 1 amide bonds. The average Bonchev–Trinajstić information content (AvgIpc) is 3.15. The largest absolute Gasteiger partial charge is 0.339 e. The van der Waals surface area contributed by atoms with E-state index in [1.165, 1.54) is 11.3 Å². The van der Waals surface area contributed by atoms with Gasteiger partial charge >= 0.3 is 0 Å².